The van der Waals surface area contributed by atoms with Crippen molar-refractivity contribution in [1.29, 1.82) is 5.26 Å². The van der Waals surface area contributed by atoms with Crippen LogP contribution in [0, 0.1) is 18.3 Å². The van der Waals surface area contributed by atoms with Gasteiger partial charge in [-0.05, 0) is 48.9 Å². The first-order valence-corrected chi connectivity index (χ1v) is 13.0. The fourth-order valence-corrected chi connectivity index (χ4v) is 5.17. The number of rotatable bonds is 7. The molecule has 9 heteroatoms. The van der Waals surface area contributed by atoms with E-state index in [1.165, 1.54) is 5.69 Å². The lowest BCUT2D eigenvalue weighted by Gasteiger charge is -2.30. The number of nitriles is 1. The number of anilines is 3. The molecule has 1 N–H and O–H groups in total. The Morgan fingerprint density at radius 3 is 2.28 bits per heavy atom. The molecule has 8 nitrogen and oxygen atoms in total. The molecule has 0 aliphatic carbocycles. The van der Waals surface area contributed by atoms with E-state index < -0.39 is 0 Å². The highest BCUT2D eigenvalue weighted by Crippen LogP contribution is 2.31. The summed E-state index contributed by atoms with van der Waals surface area (Å²) >= 11 is 1.60. The Kier molecular flexibility index (Phi) is 7.98. The van der Waals surface area contributed by atoms with Gasteiger partial charge in [-0.2, -0.15) is 5.26 Å². The maximum atomic E-state index is 9.74. The number of hydrogen-bond acceptors (Lipinski definition) is 9. The molecule has 2 aromatic carbocycles. The summed E-state index contributed by atoms with van der Waals surface area (Å²) in [7, 11) is 0. The van der Waals surface area contributed by atoms with Crippen LogP contribution in [0.25, 0.3) is 0 Å². The van der Waals surface area contributed by atoms with E-state index in [4.69, 9.17) is 14.5 Å². The van der Waals surface area contributed by atoms with Gasteiger partial charge < -0.3 is 19.7 Å². The SMILES string of the molecule is Cc1cnc(Nc2ccc(N3CCOCC3)cc2)nc1Sc1ccc(C(C#N)N2CCOCC2)cc1. The van der Waals surface area contributed by atoms with Crippen LogP contribution in [0.2, 0.25) is 0 Å². The van der Waals surface area contributed by atoms with Crippen molar-refractivity contribution < 1.29 is 9.47 Å². The third kappa shape index (κ3) is 5.97. The Morgan fingerprint density at radius 2 is 1.61 bits per heavy atom. The van der Waals surface area contributed by atoms with E-state index >= 15 is 0 Å². The van der Waals surface area contributed by atoms with Crippen LogP contribution in [0.1, 0.15) is 17.2 Å². The molecule has 3 aromatic rings. The molecule has 2 fully saturated rings. The number of benzene rings is 2. The number of nitrogens with zero attached hydrogens (tertiary/aromatic N) is 5. The number of aryl methyl sites for hydroxylation is 1. The van der Waals surface area contributed by atoms with Crippen molar-refractivity contribution in [2.75, 3.05) is 62.8 Å². The molecule has 3 heterocycles. The number of morpholine rings is 2. The van der Waals surface area contributed by atoms with Crippen molar-refractivity contribution in [1.82, 2.24) is 14.9 Å². The lowest BCUT2D eigenvalue weighted by molar-refractivity contribution is 0.0266. The monoisotopic (exact) mass is 502 g/mol. The van der Waals surface area contributed by atoms with Crippen molar-refractivity contribution in [3.63, 3.8) is 0 Å². The lowest BCUT2D eigenvalue weighted by Crippen LogP contribution is -2.38. The number of hydrogen-bond donors (Lipinski definition) is 1. The average molecular weight is 503 g/mol. The summed E-state index contributed by atoms with van der Waals surface area (Å²) in [4.78, 5) is 14.8. The summed E-state index contributed by atoms with van der Waals surface area (Å²) in [5, 5.41) is 14.0. The van der Waals surface area contributed by atoms with Gasteiger partial charge in [-0.25, -0.2) is 9.97 Å². The van der Waals surface area contributed by atoms with E-state index in [9.17, 15) is 5.26 Å². The van der Waals surface area contributed by atoms with E-state index in [0.717, 1.165) is 66.1 Å². The van der Waals surface area contributed by atoms with Gasteiger partial charge in [0.2, 0.25) is 5.95 Å². The number of aromatic nitrogens is 2. The van der Waals surface area contributed by atoms with Gasteiger partial charge >= 0.3 is 0 Å². The highest BCUT2D eigenvalue weighted by atomic mass is 32.2. The van der Waals surface area contributed by atoms with E-state index in [-0.39, 0.29) is 6.04 Å². The number of nitrogens with one attached hydrogen (secondary N) is 1. The zero-order valence-corrected chi connectivity index (χ0v) is 21.2. The summed E-state index contributed by atoms with van der Waals surface area (Å²) in [6, 6.07) is 18.7. The molecule has 1 aromatic heterocycles. The zero-order valence-electron chi connectivity index (χ0n) is 20.4. The highest BCUT2D eigenvalue weighted by Gasteiger charge is 2.22. The van der Waals surface area contributed by atoms with Crippen molar-refractivity contribution in [3.8, 4) is 6.07 Å². The van der Waals surface area contributed by atoms with Crippen LogP contribution < -0.4 is 10.2 Å². The van der Waals surface area contributed by atoms with Crippen molar-refractivity contribution in [2.45, 2.75) is 22.9 Å². The fourth-order valence-electron chi connectivity index (χ4n) is 4.33. The molecule has 186 valence electrons. The molecular formula is C27H30N6O2S. The number of ether oxygens (including phenoxy) is 2. The highest BCUT2D eigenvalue weighted by molar-refractivity contribution is 7.99. The molecule has 1 unspecified atom stereocenters. The van der Waals surface area contributed by atoms with Gasteiger partial charge in [-0.15, -0.1) is 0 Å². The van der Waals surface area contributed by atoms with Crippen molar-refractivity contribution in [3.05, 3.63) is 65.9 Å². The van der Waals surface area contributed by atoms with Crippen LogP contribution in [0.4, 0.5) is 17.3 Å². The quantitative estimate of drug-likeness (QED) is 0.472. The Labute approximate surface area is 216 Å². The van der Waals surface area contributed by atoms with E-state index in [1.54, 1.807) is 11.8 Å². The predicted molar refractivity (Wildman–Crippen MR) is 141 cm³/mol. The second kappa shape index (κ2) is 11.7. The molecule has 0 amide bonds. The zero-order chi connectivity index (χ0) is 24.7. The molecule has 0 spiro atoms. The summed E-state index contributed by atoms with van der Waals surface area (Å²) in [5.74, 6) is 0.565. The third-order valence-corrected chi connectivity index (χ3v) is 7.48. The second-order valence-corrected chi connectivity index (χ2v) is 9.87. The van der Waals surface area contributed by atoms with Gasteiger partial charge in [0.1, 0.15) is 11.1 Å². The van der Waals surface area contributed by atoms with Crippen LogP contribution in [-0.4, -0.2) is 67.5 Å². The van der Waals surface area contributed by atoms with Crippen LogP contribution in [0.5, 0.6) is 0 Å². The van der Waals surface area contributed by atoms with Crippen LogP contribution in [0.3, 0.4) is 0 Å². The van der Waals surface area contributed by atoms with Crippen LogP contribution in [0.15, 0.2) is 64.6 Å². The molecule has 36 heavy (non-hydrogen) atoms. The predicted octanol–water partition coefficient (Wildman–Crippen LogP) is 4.41. The Morgan fingerprint density at radius 1 is 0.944 bits per heavy atom. The standard InChI is InChI=1S/C27H30N6O2S/c1-20-19-29-27(30-22-4-6-23(7-5-22)32-10-14-34-15-11-32)31-26(20)36-24-8-2-21(3-9-24)25(18-28)33-12-16-35-17-13-33/h2-9,19,25H,10-17H2,1H3,(H,29,30,31). The van der Waals surface area contributed by atoms with Crippen LogP contribution >= 0.6 is 11.8 Å². The molecule has 2 saturated heterocycles. The van der Waals surface area contributed by atoms with Crippen molar-refractivity contribution in [2.24, 2.45) is 0 Å². The third-order valence-electron chi connectivity index (χ3n) is 6.37. The van der Waals surface area contributed by atoms with Gasteiger partial charge in [0.15, 0.2) is 0 Å². The first kappa shape index (κ1) is 24.5. The molecule has 2 aliphatic heterocycles. The maximum absolute atomic E-state index is 9.74. The summed E-state index contributed by atoms with van der Waals surface area (Å²) in [5.41, 5.74) is 4.16. The molecule has 0 bridgehead atoms. The lowest BCUT2D eigenvalue weighted by atomic mass is 10.1. The second-order valence-electron chi connectivity index (χ2n) is 8.80. The first-order chi connectivity index (χ1) is 17.7. The molecular weight excluding hydrogens is 472 g/mol. The Balaban J connectivity index is 1.24. The maximum Gasteiger partial charge on any atom is 0.228 e. The minimum absolute atomic E-state index is 0.251. The van der Waals surface area contributed by atoms with Gasteiger partial charge in [0.05, 0.1) is 32.5 Å². The molecule has 1 atom stereocenters. The molecule has 2 aliphatic rings. The largest absolute Gasteiger partial charge is 0.379 e. The summed E-state index contributed by atoms with van der Waals surface area (Å²) < 4.78 is 10.9. The van der Waals surface area contributed by atoms with Gasteiger partial charge in [-0.1, -0.05) is 23.9 Å². The Bertz CT molecular complexity index is 1190. The summed E-state index contributed by atoms with van der Waals surface area (Å²) in [6.07, 6.45) is 1.85. The van der Waals surface area contributed by atoms with Gasteiger partial charge in [0, 0.05) is 54.2 Å². The Hall–Kier alpha value is -3.16. The van der Waals surface area contributed by atoms with Crippen LogP contribution in [-0.2, 0) is 9.47 Å². The van der Waals surface area contributed by atoms with Crippen molar-refractivity contribution >= 4 is 29.1 Å². The smallest absolute Gasteiger partial charge is 0.228 e. The topological polar surface area (TPSA) is 86.5 Å². The average Bonchev–Trinajstić information content (AvgIpc) is 2.93. The van der Waals surface area contributed by atoms with E-state index in [0.29, 0.717) is 19.2 Å². The molecule has 0 radical (unpaired) electrons. The fraction of sp³-hybridized carbons (Fsp3) is 0.370. The minimum atomic E-state index is -0.251. The van der Waals surface area contributed by atoms with Gasteiger partial charge in [-0.3, -0.25) is 4.90 Å². The molecule has 0 saturated carbocycles. The molecule has 5 rings (SSSR count). The van der Waals surface area contributed by atoms with E-state index in [2.05, 4.69) is 62.6 Å². The normalized spacial score (nSPS) is 17.4. The summed E-state index contributed by atoms with van der Waals surface area (Å²) in [6.45, 7) is 8.30. The van der Waals surface area contributed by atoms with Gasteiger partial charge in [0.25, 0.3) is 0 Å². The minimum Gasteiger partial charge on any atom is -0.379 e. The first-order valence-electron chi connectivity index (χ1n) is 12.2. The van der Waals surface area contributed by atoms with E-state index in [1.807, 2.05) is 25.3 Å².